The van der Waals surface area contributed by atoms with Crippen molar-refractivity contribution in [2.45, 2.75) is 45.7 Å². The highest BCUT2D eigenvalue weighted by molar-refractivity contribution is 9.10. The highest BCUT2D eigenvalue weighted by Crippen LogP contribution is 2.31. The fraction of sp³-hybridized carbons (Fsp3) is 0.647. The zero-order valence-electron chi connectivity index (χ0n) is 13.1. The second-order valence-corrected chi connectivity index (χ2v) is 7.16. The molecule has 0 unspecified atom stereocenters. The highest BCUT2D eigenvalue weighted by Gasteiger charge is 2.25. The Balaban J connectivity index is 2.02. The minimum absolute atomic E-state index is 0.214. The number of nitrogens with zero attached hydrogens (tertiary/aromatic N) is 1. The molecule has 1 saturated carbocycles. The van der Waals surface area contributed by atoms with Gasteiger partial charge in [-0.3, -0.25) is 0 Å². The maximum Gasteiger partial charge on any atom is 0.0606 e. The average molecular weight is 355 g/mol. The summed E-state index contributed by atoms with van der Waals surface area (Å²) in [6, 6.07) is 7.18. The molecule has 0 saturated heterocycles. The van der Waals surface area contributed by atoms with Crippen LogP contribution in [0, 0.1) is 5.92 Å². The lowest BCUT2D eigenvalue weighted by Crippen LogP contribution is -2.42. The zero-order chi connectivity index (χ0) is 15.2. The molecule has 21 heavy (non-hydrogen) atoms. The van der Waals surface area contributed by atoms with Gasteiger partial charge in [0, 0.05) is 29.3 Å². The molecule has 1 aliphatic carbocycles. The van der Waals surface area contributed by atoms with Crippen LogP contribution in [0.1, 0.15) is 38.7 Å². The third-order valence-corrected chi connectivity index (χ3v) is 4.83. The van der Waals surface area contributed by atoms with Crippen molar-refractivity contribution in [2.24, 2.45) is 5.92 Å². The molecule has 1 aromatic carbocycles. The van der Waals surface area contributed by atoms with Crippen LogP contribution in [0.15, 0.2) is 22.7 Å². The molecule has 0 amide bonds. The molecule has 1 aliphatic rings. The van der Waals surface area contributed by atoms with E-state index in [0.717, 1.165) is 24.1 Å². The number of anilines is 1. The Hall–Kier alpha value is -0.580. The molecule has 0 bridgehead atoms. The molecule has 0 aliphatic heterocycles. The quantitative estimate of drug-likeness (QED) is 0.749. The molecule has 1 fully saturated rings. The summed E-state index contributed by atoms with van der Waals surface area (Å²) in [4.78, 5) is 2.35. The van der Waals surface area contributed by atoms with Crippen LogP contribution < -0.4 is 10.2 Å². The van der Waals surface area contributed by atoms with Gasteiger partial charge in [-0.05, 0) is 49.4 Å². The van der Waals surface area contributed by atoms with Crippen molar-refractivity contribution in [3.8, 4) is 0 Å². The van der Waals surface area contributed by atoms with Crippen molar-refractivity contribution in [2.75, 3.05) is 24.6 Å². The first kappa shape index (κ1) is 16.8. The molecule has 3 nitrogen and oxygen atoms in total. The van der Waals surface area contributed by atoms with E-state index in [1.165, 1.54) is 30.5 Å². The molecule has 0 atom stereocenters. The average Bonchev–Trinajstić information content (AvgIpc) is 2.37. The van der Waals surface area contributed by atoms with Gasteiger partial charge in [-0.1, -0.05) is 35.8 Å². The number of hydrogen-bond donors (Lipinski definition) is 2. The van der Waals surface area contributed by atoms with Gasteiger partial charge in [0.1, 0.15) is 0 Å². The Bertz CT molecular complexity index is 446. The van der Waals surface area contributed by atoms with Crippen molar-refractivity contribution in [1.29, 1.82) is 0 Å². The highest BCUT2D eigenvalue weighted by atomic mass is 79.9. The number of rotatable bonds is 8. The molecule has 4 heteroatoms. The Morgan fingerprint density at radius 2 is 2.14 bits per heavy atom. The monoisotopic (exact) mass is 354 g/mol. The van der Waals surface area contributed by atoms with E-state index >= 15 is 0 Å². The van der Waals surface area contributed by atoms with Crippen molar-refractivity contribution in [3.63, 3.8) is 0 Å². The summed E-state index contributed by atoms with van der Waals surface area (Å²) in [6.45, 7) is 7.30. The zero-order valence-corrected chi connectivity index (χ0v) is 14.7. The van der Waals surface area contributed by atoms with E-state index in [4.69, 9.17) is 0 Å². The van der Waals surface area contributed by atoms with Gasteiger partial charge in [0.25, 0.3) is 0 Å². The second-order valence-electron chi connectivity index (χ2n) is 6.30. The largest absolute Gasteiger partial charge is 0.395 e. The molecule has 118 valence electrons. The number of halogens is 1. The maximum absolute atomic E-state index is 9.30. The van der Waals surface area contributed by atoms with Crippen LogP contribution in [0.3, 0.4) is 0 Å². The predicted octanol–water partition coefficient (Wildman–Crippen LogP) is 3.55. The van der Waals surface area contributed by atoms with E-state index in [-0.39, 0.29) is 6.61 Å². The van der Waals surface area contributed by atoms with Gasteiger partial charge in [0.2, 0.25) is 0 Å². The topological polar surface area (TPSA) is 35.5 Å². The molecule has 0 aromatic heterocycles. The summed E-state index contributed by atoms with van der Waals surface area (Å²) in [5.41, 5.74) is 2.50. The lowest BCUT2D eigenvalue weighted by molar-refractivity contribution is 0.283. The summed E-state index contributed by atoms with van der Waals surface area (Å²) in [7, 11) is 0. The minimum atomic E-state index is 0.214. The van der Waals surface area contributed by atoms with Crippen LogP contribution in [0.5, 0.6) is 0 Å². The van der Waals surface area contributed by atoms with Crippen LogP contribution in [0.2, 0.25) is 0 Å². The van der Waals surface area contributed by atoms with Crippen molar-refractivity contribution >= 4 is 21.6 Å². The van der Waals surface area contributed by atoms with Crippen LogP contribution in [-0.4, -0.2) is 30.8 Å². The van der Waals surface area contributed by atoms with E-state index in [1.54, 1.807) is 0 Å². The number of benzene rings is 1. The SMILES string of the molecule is CC(C)CNCc1ccc(N(CCO)C2CCC2)cc1Br. The summed E-state index contributed by atoms with van der Waals surface area (Å²) < 4.78 is 1.15. The van der Waals surface area contributed by atoms with Crippen LogP contribution in [-0.2, 0) is 6.54 Å². The number of aliphatic hydroxyl groups is 1. The Morgan fingerprint density at radius 3 is 2.67 bits per heavy atom. The fourth-order valence-electron chi connectivity index (χ4n) is 2.68. The van der Waals surface area contributed by atoms with Gasteiger partial charge in [-0.25, -0.2) is 0 Å². The van der Waals surface area contributed by atoms with Gasteiger partial charge in [0.05, 0.1) is 6.61 Å². The standard InChI is InChI=1S/C17H27BrN2O/c1-13(2)11-19-12-14-6-7-16(10-17(14)18)20(8-9-21)15-4-3-5-15/h6-7,10,13,15,19,21H,3-5,8-9,11-12H2,1-2H3. The van der Waals surface area contributed by atoms with Gasteiger partial charge >= 0.3 is 0 Å². The third kappa shape index (κ3) is 4.70. The normalized spacial score (nSPS) is 15.3. The third-order valence-electron chi connectivity index (χ3n) is 4.09. The lowest BCUT2D eigenvalue weighted by Gasteiger charge is -2.39. The molecular formula is C17H27BrN2O. The molecule has 0 radical (unpaired) electrons. The number of nitrogens with one attached hydrogen (secondary N) is 1. The smallest absolute Gasteiger partial charge is 0.0606 e. The first-order valence-corrected chi connectivity index (χ1v) is 8.77. The van der Waals surface area contributed by atoms with Crippen molar-refractivity contribution < 1.29 is 5.11 Å². The Kier molecular flexibility index (Phi) is 6.52. The second kappa shape index (κ2) is 8.16. The van der Waals surface area contributed by atoms with Gasteiger partial charge in [-0.2, -0.15) is 0 Å². The Labute approximate surface area is 136 Å². The molecule has 2 rings (SSSR count). The fourth-order valence-corrected chi connectivity index (χ4v) is 3.19. The number of hydrogen-bond acceptors (Lipinski definition) is 3. The summed E-state index contributed by atoms with van der Waals surface area (Å²) >= 11 is 3.69. The molecular weight excluding hydrogens is 328 g/mol. The summed E-state index contributed by atoms with van der Waals surface area (Å²) in [6.07, 6.45) is 3.80. The van der Waals surface area contributed by atoms with E-state index in [1.807, 2.05) is 0 Å². The molecule has 1 aromatic rings. The van der Waals surface area contributed by atoms with Crippen molar-refractivity contribution in [1.82, 2.24) is 5.32 Å². The predicted molar refractivity (Wildman–Crippen MR) is 92.8 cm³/mol. The maximum atomic E-state index is 9.30. The van der Waals surface area contributed by atoms with Gasteiger partial charge in [-0.15, -0.1) is 0 Å². The van der Waals surface area contributed by atoms with E-state index in [0.29, 0.717) is 12.0 Å². The molecule has 0 spiro atoms. The Morgan fingerprint density at radius 1 is 1.38 bits per heavy atom. The minimum Gasteiger partial charge on any atom is -0.395 e. The van der Waals surface area contributed by atoms with Crippen LogP contribution in [0.25, 0.3) is 0 Å². The van der Waals surface area contributed by atoms with Gasteiger partial charge < -0.3 is 15.3 Å². The van der Waals surface area contributed by atoms with E-state index < -0.39 is 0 Å². The van der Waals surface area contributed by atoms with Crippen LogP contribution in [0.4, 0.5) is 5.69 Å². The van der Waals surface area contributed by atoms with E-state index in [9.17, 15) is 5.11 Å². The van der Waals surface area contributed by atoms with E-state index in [2.05, 4.69) is 58.2 Å². The van der Waals surface area contributed by atoms with Crippen molar-refractivity contribution in [3.05, 3.63) is 28.2 Å². The summed E-state index contributed by atoms with van der Waals surface area (Å²) in [5, 5.41) is 12.8. The summed E-state index contributed by atoms with van der Waals surface area (Å²) in [5.74, 6) is 0.668. The first-order chi connectivity index (χ1) is 10.1. The first-order valence-electron chi connectivity index (χ1n) is 7.98. The van der Waals surface area contributed by atoms with Gasteiger partial charge in [0.15, 0.2) is 0 Å². The molecule has 2 N–H and O–H groups in total. The molecule has 0 heterocycles. The van der Waals surface area contributed by atoms with Crippen LogP contribution >= 0.6 is 15.9 Å². The lowest BCUT2D eigenvalue weighted by atomic mass is 9.91. The number of aliphatic hydroxyl groups excluding tert-OH is 1.